The monoisotopic (exact) mass is 322 g/mol. The zero-order valence-electron chi connectivity index (χ0n) is 11.3. The molecule has 0 atom stereocenters. The van der Waals surface area contributed by atoms with Gasteiger partial charge in [0.2, 0.25) is 0 Å². The van der Waals surface area contributed by atoms with Crippen LogP contribution in [0, 0.1) is 0 Å². The van der Waals surface area contributed by atoms with Gasteiger partial charge < -0.3 is 14.5 Å². The molecule has 0 aromatic heterocycles. The van der Waals surface area contributed by atoms with Crippen LogP contribution in [0.15, 0.2) is 18.2 Å². The molecule has 1 fully saturated rings. The van der Waals surface area contributed by atoms with Crippen LogP contribution < -0.4 is 9.80 Å². The number of carbonyl (C=O) groups excluding carboxylic acids is 1. The van der Waals surface area contributed by atoms with Crippen LogP contribution in [0.1, 0.15) is 0 Å². The predicted octanol–water partition coefficient (Wildman–Crippen LogP) is 2.70. The molecule has 0 bridgehead atoms. The van der Waals surface area contributed by atoms with E-state index >= 15 is 0 Å². The molecule has 1 aliphatic rings. The molecule has 21 heavy (non-hydrogen) atoms. The summed E-state index contributed by atoms with van der Waals surface area (Å²) in [6.07, 6.45) is -4.93. The summed E-state index contributed by atoms with van der Waals surface area (Å²) in [5, 5.41) is 0.302. The molecule has 1 heterocycles. The minimum absolute atomic E-state index is 0.131. The summed E-state index contributed by atoms with van der Waals surface area (Å²) in [6, 6.07) is 4.55. The number of carbonyl (C=O) groups is 1. The van der Waals surface area contributed by atoms with E-state index in [1.54, 1.807) is 6.07 Å². The van der Waals surface area contributed by atoms with Crippen molar-refractivity contribution in [2.75, 3.05) is 43.2 Å². The molecule has 1 aromatic carbocycles. The number of morpholine rings is 1. The Morgan fingerprint density at radius 2 is 1.95 bits per heavy atom. The minimum Gasteiger partial charge on any atom is -0.378 e. The maximum Gasteiger partial charge on any atom is 0.471 e. The Morgan fingerprint density at radius 1 is 1.33 bits per heavy atom. The van der Waals surface area contributed by atoms with Crippen LogP contribution in [0.5, 0.6) is 0 Å². The van der Waals surface area contributed by atoms with E-state index in [0.717, 1.165) is 7.05 Å². The zero-order valence-corrected chi connectivity index (χ0v) is 12.0. The van der Waals surface area contributed by atoms with Gasteiger partial charge in [-0.05, 0) is 12.1 Å². The maximum atomic E-state index is 12.6. The van der Waals surface area contributed by atoms with Gasteiger partial charge in [0.25, 0.3) is 0 Å². The van der Waals surface area contributed by atoms with Crippen LogP contribution in [-0.2, 0) is 9.53 Å². The molecule has 1 amide bonds. The van der Waals surface area contributed by atoms with E-state index in [1.807, 2.05) is 4.90 Å². The van der Waals surface area contributed by atoms with Gasteiger partial charge in [0.1, 0.15) is 0 Å². The maximum absolute atomic E-state index is 12.6. The van der Waals surface area contributed by atoms with Gasteiger partial charge in [-0.1, -0.05) is 17.7 Å². The highest BCUT2D eigenvalue weighted by atomic mass is 35.5. The van der Waals surface area contributed by atoms with Gasteiger partial charge >= 0.3 is 12.1 Å². The number of alkyl halides is 3. The summed E-state index contributed by atoms with van der Waals surface area (Å²) < 4.78 is 43.0. The summed E-state index contributed by atoms with van der Waals surface area (Å²) in [5.74, 6) is -1.93. The van der Waals surface area contributed by atoms with Crippen molar-refractivity contribution in [3.63, 3.8) is 0 Å². The van der Waals surface area contributed by atoms with E-state index in [9.17, 15) is 18.0 Å². The van der Waals surface area contributed by atoms with Crippen molar-refractivity contribution < 1.29 is 22.7 Å². The number of halogens is 4. The molecule has 1 aromatic rings. The number of ether oxygens (including phenoxy) is 1. The summed E-state index contributed by atoms with van der Waals surface area (Å²) in [5.41, 5.74) is 0.550. The largest absolute Gasteiger partial charge is 0.471 e. The Morgan fingerprint density at radius 3 is 2.52 bits per heavy atom. The quantitative estimate of drug-likeness (QED) is 0.839. The fraction of sp³-hybridized carbons (Fsp3) is 0.462. The van der Waals surface area contributed by atoms with Gasteiger partial charge in [0.15, 0.2) is 0 Å². The van der Waals surface area contributed by atoms with Gasteiger partial charge in [-0.15, -0.1) is 0 Å². The number of rotatable bonds is 2. The molecular formula is C13H14ClF3N2O2. The van der Waals surface area contributed by atoms with E-state index in [4.69, 9.17) is 16.3 Å². The van der Waals surface area contributed by atoms with Gasteiger partial charge in [0, 0.05) is 20.1 Å². The lowest BCUT2D eigenvalue weighted by molar-refractivity contribution is -0.170. The third kappa shape index (κ3) is 3.41. The summed E-state index contributed by atoms with van der Waals surface area (Å²) in [7, 11) is 1.09. The highest BCUT2D eigenvalue weighted by Crippen LogP contribution is 2.37. The van der Waals surface area contributed by atoms with Crippen LogP contribution in [0.25, 0.3) is 0 Å². The highest BCUT2D eigenvalue weighted by Gasteiger charge is 2.42. The molecule has 0 radical (unpaired) electrons. The number of hydrogen-bond acceptors (Lipinski definition) is 3. The zero-order chi connectivity index (χ0) is 15.6. The van der Waals surface area contributed by atoms with Gasteiger partial charge in [-0.25, -0.2) is 0 Å². The average Bonchev–Trinajstić information content (AvgIpc) is 2.45. The second-order valence-electron chi connectivity index (χ2n) is 4.57. The SMILES string of the molecule is CN(C(=O)C(F)(F)F)c1cccc(Cl)c1N1CCOCC1. The molecule has 116 valence electrons. The lowest BCUT2D eigenvalue weighted by Crippen LogP contribution is -2.41. The molecule has 0 spiro atoms. The molecule has 4 nitrogen and oxygen atoms in total. The number of anilines is 2. The van der Waals surface area contributed by atoms with Crippen molar-refractivity contribution in [3.05, 3.63) is 23.2 Å². The second kappa shape index (κ2) is 6.11. The first kappa shape index (κ1) is 15.9. The fourth-order valence-corrected chi connectivity index (χ4v) is 2.46. The van der Waals surface area contributed by atoms with Crippen molar-refractivity contribution >= 4 is 28.9 Å². The highest BCUT2D eigenvalue weighted by molar-refractivity contribution is 6.34. The average molecular weight is 323 g/mol. The standard InChI is InChI=1S/C13H14ClF3N2O2/c1-18(12(20)13(15,16)17)10-4-2-3-9(14)11(10)19-5-7-21-8-6-19/h2-4H,5-8H2,1H3. The van der Waals surface area contributed by atoms with Crippen LogP contribution >= 0.6 is 11.6 Å². The van der Waals surface area contributed by atoms with Gasteiger partial charge in [0.05, 0.1) is 29.6 Å². The molecule has 8 heteroatoms. The normalized spacial score (nSPS) is 16.0. The number of nitrogens with zero attached hydrogens (tertiary/aromatic N) is 2. The number of hydrogen-bond donors (Lipinski definition) is 0. The molecular weight excluding hydrogens is 309 g/mol. The van der Waals surface area contributed by atoms with Gasteiger partial charge in [-0.2, -0.15) is 13.2 Å². The molecule has 1 aliphatic heterocycles. The van der Waals surface area contributed by atoms with Gasteiger partial charge in [-0.3, -0.25) is 4.79 Å². The van der Waals surface area contributed by atoms with Crippen LogP contribution in [-0.4, -0.2) is 45.4 Å². The van der Waals surface area contributed by atoms with E-state index in [-0.39, 0.29) is 5.69 Å². The third-order valence-corrected chi connectivity index (χ3v) is 3.51. The lowest BCUT2D eigenvalue weighted by atomic mass is 10.2. The molecule has 0 saturated carbocycles. The topological polar surface area (TPSA) is 32.8 Å². The van der Waals surface area contributed by atoms with Crippen molar-refractivity contribution in [2.45, 2.75) is 6.18 Å². The molecule has 1 saturated heterocycles. The van der Waals surface area contributed by atoms with Crippen LogP contribution in [0.2, 0.25) is 5.02 Å². The molecule has 0 aliphatic carbocycles. The Bertz CT molecular complexity index is 531. The Kier molecular flexibility index (Phi) is 4.63. The summed E-state index contributed by atoms with van der Waals surface area (Å²) in [6.45, 7) is 1.93. The molecule has 0 N–H and O–H groups in total. The third-order valence-electron chi connectivity index (χ3n) is 3.20. The molecule has 2 rings (SSSR count). The first-order chi connectivity index (χ1) is 9.82. The number of para-hydroxylation sites is 1. The minimum atomic E-state index is -4.93. The molecule has 0 unspecified atom stereocenters. The lowest BCUT2D eigenvalue weighted by Gasteiger charge is -2.33. The van der Waals surface area contributed by atoms with E-state index in [2.05, 4.69) is 0 Å². The second-order valence-corrected chi connectivity index (χ2v) is 4.98. The van der Waals surface area contributed by atoms with E-state index in [0.29, 0.717) is 41.9 Å². The van der Waals surface area contributed by atoms with Crippen LogP contribution in [0.3, 0.4) is 0 Å². The van der Waals surface area contributed by atoms with Crippen molar-refractivity contribution in [2.24, 2.45) is 0 Å². The van der Waals surface area contributed by atoms with E-state index < -0.39 is 12.1 Å². The van der Waals surface area contributed by atoms with Crippen LogP contribution in [0.4, 0.5) is 24.5 Å². The van der Waals surface area contributed by atoms with Crippen molar-refractivity contribution in [1.82, 2.24) is 0 Å². The predicted molar refractivity (Wildman–Crippen MR) is 73.9 cm³/mol. The van der Waals surface area contributed by atoms with E-state index in [1.165, 1.54) is 12.1 Å². The smallest absolute Gasteiger partial charge is 0.378 e. The first-order valence-corrected chi connectivity index (χ1v) is 6.66. The Labute approximate surface area is 125 Å². The number of benzene rings is 1. The first-order valence-electron chi connectivity index (χ1n) is 6.28. The van der Waals surface area contributed by atoms with Crippen molar-refractivity contribution in [1.29, 1.82) is 0 Å². The Hall–Kier alpha value is -1.47. The number of amides is 1. The summed E-state index contributed by atoms with van der Waals surface area (Å²) >= 11 is 6.12. The Balaban J connectivity index is 2.39. The summed E-state index contributed by atoms with van der Waals surface area (Å²) in [4.78, 5) is 13.8. The fourth-order valence-electron chi connectivity index (χ4n) is 2.17. The van der Waals surface area contributed by atoms with Crippen molar-refractivity contribution in [3.8, 4) is 0 Å².